The van der Waals surface area contributed by atoms with Gasteiger partial charge in [0, 0.05) is 6.07 Å². The highest BCUT2D eigenvalue weighted by atomic mass is 19.1. The zero-order chi connectivity index (χ0) is 9.54. The number of hydrogen-bond acceptors (Lipinski definition) is 4. The number of nitrogens with one attached hydrogen (secondary N) is 1. The Labute approximate surface area is 78.5 Å². The lowest BCUT2D eigenvalue weighted by molar-refractivity contribution is 0.623. The minimum atomic E-state index is -0.297. The van der Waals surface area contributed by atoms with Crippen LogP contribution in [-0.4, -0.2) is 20.2 Å². The van der Waals surface area contributed by atoms with E-state index in [9.17, 15) is 4.39 Å². The molecule has 6 heteroatoms. The van der Waals surface area contributed by atoms with Gasteiger partial charge in [-0.2, -0.15) is 4.68 Å². The highest BCUT2D eigenvalue weighted by Crippen LogP contribution is 2.25. The maximum Gasteiger partial charge on any atom is 0.175 e. The number of hydrogen-bond donors (Lipinski definition) is 1. The smallest absolute Gasteiger partial charge is 0.175 e. The van der Waals surface area contributed by atoms with Crippen molar-refractivity contribution in [3.63, 3.8) is 0 Å². The molecule has 1 aliphatic heterocycles. The molecule has 3 rings (SSSR count). The van der Waals surface area contributed by atoms with Gasteiger partial charge < -0.3 is 5.32 Å². The fraction of sp³-hybridized carbons (Fsp3) is 0.125. The molecule has 14 heavy (non-hydrogen) atoms. The van der Waals surface area contributed by atoms with Gasteiger partial charge in [-0.25, -0.2) is 4.39 Å². The molecule has 1 aromatic carbocycles. The Morgan fingerprint density at radius 2 is 2.36 bits per heavy atom. The first-order chi connectivity index (χ1) is 6.84. The number of anilines is 1. The molecule has 1 N–H and O–H groups in total. The number of nitrogens with zero attached hydrogens (tertiary/aromatic N) is 4. The lowest BCUT2D eigenvalue weighted by Crippen LogP contribution is -2.16. The molecule has 2 heterocycles. The first-order valence-corrected chi connectivity index (χ1v) is 4.15. The summed E-state index contributed by atoms with van der Waals surface area (Å²) < 4.78 is 14.5. The van der Waals surface area contributed by atoms with Gasteiger partial charge in [-0.1, -0.05) is 0 Å². The van der Waals surface area contributed by atoms with Crippen LogP contribution in [0.5, 0.6) is 0 Å². The summed E-state index contributed by atoms with van der Waals surface area (Å²) in [7, 11) is 0. The second-order valence-corrected chi connectivity index (χ2v) is 3.02. The third kappa shape index (κ3) is 0.905. The van der Waals surface area contributed by atoms with Crippen molar-refractivity contribution in [1.29, 1.82) is 0 Å². The largest absolute Gasteiger partial charge is 0.376 e. The second kappa shape index (κ2) is 2.50. The summed E-state index contributed by atoms with van der Waals surface area (Å²) in [6.45, 7) is 0.561. The number of fused-ring (bicyclic) bond motifs is 3. The number of benzene rings is 1. The summed E-state index contributed by atoms with van der Waals surface area (Å²) in [5.74, 6) is 0.386. The minimum absolute atomic E-state index is 0.297. The van der Waals surface area contributed by atoms with E-state index in [0.717, 1.165) is 5.69 Å². The molecule has 0 aliphatic carbocycles. The first kappa shape index (κ1) is 7.43. The molecule has 1 aliphatic rings. The molecular formula is C8H6FN5. The van der Waals surface area contributed by atoms with Crippen molar-refractivity contribution < 1.29 is 4.39 Å². The molecule has 0 atom stereocenters. The van der Waals surface area contributed by atoms with Crippen LogP contribution in [0.4, 0.5) is 10.1 Å². The van der Waals surface area contributed by atoms with E-state index in [1.54, 1.807) is 6.07 Å². The molecule has 0 radical (unpaired) electrons. The van der Waals surface area contributed by atoms with Crippen LogP contribution >= 0.6 is 0 Å². The zero-order valence-corrected chi connectivity index (χ0v) is 7.11. The van der Waals surface area contributed by atoms with E-state index in [-0.39, 0.29) is 5.82 Å². The average molecular weight is 191 g/mol. The van der Waals surface area contributed by atoms with Crippen LogP contribution in [0.15, 0.2) is 18.2 Å². The summed E-state index contributed by atoms with van der Waals surface area (Å²) in [4.78, 5) is 0. The van der Waals surface area contributed by atoms with E-state index in [2.05, 4.69) is 20.8 Å². The highest BCUT2D eigenvalue weighted by molar-refractivity contribution is 5.62. The van der Waals surface area contributed by atoms with Gasteiger partial charge in [-0.05, 0) is 22.6 Å². The highest BCUT2D eigenvalue weighted by Gasteiger charge is 2.17. The number of rotatable bonds is 0. The Bertz CT molecular complexity index is 492. The van der Waals surface area contributed by atoms with E-state index < -0.39 is 0 Å². The van der Waals surface area contributed by atoms with Crippen LogP contribution < -0.4 is 5.32 Å². The third-order valence-corrected chi connectivity index (χ3v) is 2.16. The number of tetrazole rings is 1. The monoisotopic (exact) mass is 191 g/mol. The van der Waals surface area contributed by atoms with Gasteiger partial charge >= 0.3 is 0 Å². The molecule has 0 fully saturated rings. The summed E-state index contributed by atoms with van der Waals surface area (Å²) >= 11 is 0. The topological polar surface area (TPSA) is 55.6 Å². The molecule has 70 valence electrons. The van der Waals surface area contributed by atoms with Gasteiger partial charge in [0.15, 0.2) is 5.82 Å². The molecule has 2 aromatic rings. The second-order valence-electron chi connectivity index (χ2n) is 3.02. The predicted octanol–water partition coefficient (Wildman–Crippen LogP) is 0.727. The van der Waals surface area contributed by atoms with E-state index in [1.807, 2.05) is 0 Å². The van der Waals surface area contributed by atoms with Crippen LogP contribution in [0.1, 0.15) is 5.82 Å². The predicted molar refractivity (Wildman–Crippen MR) is 46.4 cm³/mol. The van der Waals surface area contributed by atoms with Crippen molar-refractivity contribution >= 4 is 5.69 Å². The summed E-state index contributed by atoms with van der Waals surface area (Å²) in [5.41, 5.74) is 1.49. The quantitative estimate of drug-likeness (QED) is 0.666. The van der Waals surface area contributed by atoms with Gasteiger partial charge in [-0.3, -0.25) is 0 Å². The van der Waals surface area contributed by atoms with Crippen molar-refractivity contribution in [1.82, 2.24) is 20.2 Å². The fourth-order valence-corrected chi connectivity index (χ4v) is 1.51. The van der Waals surface area contributed by atoms with Crippen LogP contribution in [0.3, 0.4) is 0 Å². The van der Waals surface area contributed by atoms with Crippen LogP contribution in [0.25, 0.3) is 5.69 Å². The summed E-state index contributed by atoms with van der Waals surface area (Å²) in [6, 6.07) is 4.48. The molecular weight excluding hydrogens is 185 g/mol. The number of aromatic nitrogens is 4. The van der Waals surface area contributed by atoms with Crippen LogP contribution in [0, 0.1) is 5.82 Å². The minimum Gasteiger partial charge on any atom is -0.376 e. The fourth-order valence-electron chi connectivity index (χ4n) is 1.51. The van der Waals surface area contributed by atoms with Gasteiger partial charge in [0.2, 0.25) is 0 Å². The van der Waals surface area contributed by atoms with Crippen molar-refractivity contribution in [2.24, 2.45) is 0 Å². The van der Waals surface area contributed by atoms with Crippen molar-refractivity contribution in [3.8, 4) is 5.69 Å². The van der Waals surface area contributed by atoms with Gasteiger partial charge in [0.05, 0.1) is 17.9 Å². The van der Waals surface area contributed by atoms with Crippen molar-refractivity contribution in [2.45, 2.75) is 6.54 Å². The molecule has 5 nitrogen and oxygen atoms in total. The Morgan fingerprint density at radius 1 is 1.43 bits per heavy atom. The van der Waals surface area contributed by atoms with E-state index in [4.69, 9.17) is 0 Å². The molecule has 0 saturated heterocycles. The summed E-state index contributed by atoms with van der Waals surface area (Å²) in [6.07, 6.45) is 0. The maximum absolute atomic E-state index is 13.0. The Balaban J connectivity index is 2.28. The van der Waals surface area contributed by atoms with E-state index in [1.165, 1.54) is 16.8 Å². The normalized spacial score (nSPS) is 12.9. The van der Waals surface area contributed by atoms with Crippen LogP contribution in [-0.2, 0) is 6.54 Å². The van der Waals surface area contributed by atoms with Crippen LogP contribution in [0.2, 0.25) is 0 Å². The lowest BCUT2D eigenvalue weighted by atomic mass is 10.2. The van der Waals surface area contributed by atoms with Crippen molar-refractivity contribution in [2.75, 3.05) is 5.32 Å². The first-order valence-electron chi connectivity index (χ1n) is 4.15. The molecule has 0 saturated carbocycles. The third-order valence-electron chi connectivity index (χ3n) is 2.16. The average Bonchev–Trinajstić information content (AvgIpc) is 2.65. The van der Waals surface area contributed by atoms with Gasteiger partial charge in [0.25, 0.3) is 0 Å². The zero-order valence-electron chi connectivity index (χ0n) is 7.11. The van der Waals surface area contributed by atoms with E-state index in [0.29, 0.717) is 18.1 Å². The molecule has 1 aromatic heterocycles. The molecule has 0 unspecified atom stereocenters. The Hall–Kier alpha value is -1.98. The SMILES string of the molecule is Fc1ccc2c(c1)-n1nnnc1CN2. The standard InChI is InChI=1S/C8H6FN5/c9-5-1-2-6-7(3-5)14-8(4-10-6)11-12-13-14/h1-3,10H,4H2. The maximum atomic E-state index is 13.0. The molecule has 0 bridgehead atoms. The number of halogens is 1. The Kier molecular flexibility index (Phi) is 1.33. The lowest BCUT2D eigenvalue weighted by Gasteiger charge is -2.17. The van der Waals surface area contributed by atoms with Gasteiger partial charge in [-0.15, -0.1) is 5.10 Å². The molecule has 0 amide bonds. The van der Waals surface area contributed by atoms with Crippen molar-refractivity contribution in [3.05, 3.63) is 29.8 Å². The van der Waals surface area contributed by atoms with Gasteiger partial charge in [0.1, 0.15) is 5.82 Å². The van der Waals surface area contributed by atoms with E-state index >= 15 is 0 Å². The Morgan fingerprint density at radius 3 is 3.29 bits per heavy atom. The summed E-state index contributed by atoms with van der Waals surface area (Å²) in [5, 5.41) is 14.2. The molecule has 0 spiro atoms.